The molecule has 0 spiro atoms. The fraction of sp³-hybridized carbons (Fsp3) is 0.304. The molecule has 0 bridgehead atoms. The first kappa shape index (κ1) is 23.1. The van der Waals surface area contributed by atoms with E-state index in [1.54, 1.807) is 35.5 Å². The molecule has 0 saturated carbocycles. The highest BCUT2D eigenvalue weighted by Gasteiger charge is 2.23. The Balaban J connectivity index is 1.30. The lowest BCUT2D eigenvalue weighted by molar-refractivity contribution is -0.128. The number of rotatable bonds is 5. The van der Waals surface area contributed by atoms with E-state index in [4.69, 9.17) is 11.6 Å². The van der Waals surface area contributed by atoms with Gasteiger partial charge in [0, 0.05) is 42.6 Å². The van der Waals surface area contributed by atoms with Gasteiger partial charge in [0.1, 0.15) is 6.33 Å². The standard InChI is InChI=1S/C23H25ClN6O2S/c1-17-6-8-20(9-7-17)30-16-25-27-23(30)33-15-21(31)28-10-3-11-29(13-12-28)22(32)26-19-5-2-4-18(24)14-19/h2,4-9,14,16H,3,10-13,15H2,1H3,(H,26,32). The van der Waals surface area contributed by atoms with Crippen molar-refractivity contribution in [2.45, 2.75) is 18.5 Å². The van der Waals surface area contributed by atoms with E-state index < -0.39 is 0 Å². The molecule has 10 heteroatoms. The molecule has 1 saturated heterocycles. The van der Waals surface area contributed by atoms with Crippen molar-refractivity contribution in [3.05, 3.63) is 65.4 Å². The summed E-state index contributed by atoms with van der Waals surface area (Å²) in [5, 5.41) is 12.3. The number of halogens is 1. The number of urea groups is 1. The van der Waals surface area contributed by atoms with Gasteiger partial charge in [-0.2, -0.15) is 0 Å². The summed E-state index contributed by atoms with van der Waals surface area (Å²) in [4.78, 5) is 29.0. The lowest BCUT2D eigenvalue weighted by Crippen LogP contribution is -2.39. The Bertz CT molecular complexity index is 1120. The second-order valence-electron chi connectivity index (χ2n) is 7.77. The minimum Gasteiger partial charge on any atom is -0.340 e. The SMILES string of the molecule is Cc1ccc(-n2cnnc2SCC(=O)N2CCCN(C(=O)Nc3cccc(Cl)c3)CC2)cc1. The van der Waals surface area contributed by atoms with Gasteiger partial charge in [0.2, 0.25) is 5.91 Å². The molecule has 3 amide bonds. The van der Waals surface area contributed by atoms with Gasteiger partial charge in [-0.25, -0.2) is 4.79 Å². The van der Waals surface area contributed by atoms with Crippen molar-refractivity contribution in [3.8, 4) is 5.69 Å². The first-order valence-electron chi connectivity index (χ1n) is 10.7. The van der Waals surface area contributed by atoms with E-state index in [0.717, 1.165) is 12.1 Å². The maximum absolute atomic E-state index is 12.9. The number of thioether (sulfide) groups is 1. The summed E-state index contributed by atoms with van der Waals surface area (Å²) in [5.41, 5.74) is 2.78. The van der Waals surface area contributed by atoms with E-state index >= 15 is 0 Å². The molecule has 0 unspecified atom stereocenters. The average molecular weight is 485 g/mol. The van der Waals surface area contributed by atoms with Crippen LogP contribution in [0.15, 0.2) is 60.0 Å². The van der Waals surface area contributed by atoms with E-state index in [1.165, 1.54) is 17.3 Å². The lowest BCUT2D eigenvalue weighted by atomic mass is 10.2. The predicted octanol–water partition coefficient (Wildman–Crippen LogP) is 4.09. The monoisotopic (exact) mass is 484 g/mol. The van der Waals surface area contributed by atoms with Crippen LogP contribution in [0.3, 0.4) is 0 Å². The van der Waals surface area contributed by atoms with Gasteiger partial charge in [-0.3, -0.25) is 9.36 Å². The number of amides is 3. The summed E-state index contributed by atoms with van der Waals surface area (Å²) in [6, 6.07) is 14.9. The van der Waals surface area contributed by atoms with Crippen LogP contribution < -0.4 is 5.32 Å². The summed E-state index contributed by atoms with van der Waals surface area (Å²) in [5.74, 6) is 0.287. The third kappa shape index (κ3) is 6.06. The number of anilines is 1. The largest absolute Gasteiger partial charge is 0.340 e. The molecule has 1 aromatic heterocycles. The van der Waals surface area contributed by atoms with E-state index in [1.807, 2.05) is 40.7 Å². The molecular weight excluding hydrogens is 460 g/mol. The molecule has 1 N–H and O–H groups in total. The Kier molecular flexibility index (Phi) is 7.51. The maximum atomic E-state index is 12.9. The number of nitrogens with zero attached hydrogens (tertiary/aromatic N) is 5. The average Bonchev–Trinajstić information content (AvgIpc) is 3.12. The van der Waals surface area contributed by atoms with Crippen LogP contribution in [0.5, 0.6) is 0 Å². The zero-order valence-corrected chi connectivity index (χ0v) is 19.8. The molecule has 172 valence electrons. The van der Waals surface area contributed by atoms with Crippen LogP contribution in [0.25, 0.3) is 5.69 Å². The van der Waals surface area contributed by atoms with Gasteiger partial charge in [-0.1, -0.05) is 47.1 Å². The van der Waals surface area contributed by atoms with E-state index in [-0.39, 0.29) is 17.7 Å². The molecule has 4 rings (SSSR count). The Hall–Kier alpha value is -3.04. The molecule has 0 radical (unpaired) electrons. The Morgan fingerprint density at radius 2 is 1.82 bits per heavy atom. The normalized spacial score (nSPS) is 14.1. The molecule has 1 fully saturated rings. The number of hydrogen-bond acceptors (Lipinski definition) is 5. The van der Waals surface area contributed by atoms with E-state index in [9.17, 15) is 9.59 Å². The van der Waals surface area contributed by atoms with Crippen molar-refractivity contribution in [2.75, 3.05) is 37.2 Å². The Labute approximate surface area is 201 Å². The van der Waals surface area contributed by atoms with Crippen LogP contribution in [0, 0.1) is 6.92 Å². The number of nitrogens with one attached hydrogen (secondary N) is 1. The number of aryl methyl sites for hydroxylation is 1. The second kappa shape index (κ2) is 10.7. The van der Waals surface area contributed by atoms with Crippen LogP contribution in [-0.2, 0) is 4.79 Å². The minimum absolute atomic E-state index is 0.0237. The van der Waals surface area contributed by atoms with Crippen molar-refractivity contribution in [1.82, 2.24) is 24.6 Å². The number of hydrogen-bond donors (Lipinski definition) is 1. The van der Waals surface area contributed by atoms with E-state index in [0.29, 0.717) is 42.0 Å². The zero-order chi connectivity index (χ0) is 23.2. The molecule has 1 aliphatic heterocycles. The smallest absolute Gasteiger partial charge is 0.321 e. The maximum Gasteiger partial charge on any atom is 0.321 e. The number of carbonyl (C=O) groups is 2. The van der Waals surface area contributed by atoms with Crippen molar-refractivity contribution < 1.29 is 9.59 Å². The molecule has 8 nitrogen and oxygen atoms in total. The summed E-state index contributed by atoms with van der Waals surface area (Å²) in [6.07, 6.45) is 2.37. The van der Waals surface area contributed by atoms with Gasteiger partial charge >= 0.3 is 6.03 Å². The van der Waals surface area contributed by atoms with Crippen LogP contribution in [0.1, 0.15) is 12.0 Å². The molecule has 2 aromatic carbocycles. The quantitative estimate of drug-likeness (QED) is 0.551. The molecular formula is C23H25ClN6O2S. The summed E-state index contributed by atoms with van der Waals surface area (Å²) in [6.45, 7) is 4.21. The fourth-order valence-corrected chi connectivity index (χ4v) is 4.58. The van der Waals surface area contributed by atoms with Crippen molar-refractivity contribution in [1.29, 1.82) is 0 Å². The lowest BCUT2D eigenvalue weighted by Gasteiger charge is -2.22. The topological polar surface area (TPSA) is 83.4 Å². The van der Waals surface area contributed by atoms with Crippen molar-refractivity contribution in [3.63, 3.8) is 0 Å². The number of carbonyl (C=O) groups excluding carboxylic acids is 2. The van der Waals surface area contributed by atoms with Gasteiger partial charge in [-0.05, 0) is 43.7 Å². The minimum atomic E-state index is -0.188. The van der Waals surface area contributed by atoms with Gasteiger partial charge in [-0.15, -0.1) is 10.2 Å². The van der Waals surface area contributed by atoms with Crippen LogP contribution in [0.2, 0.25) is 5.02 Å². The molecule has 0 aliphatic carbocycles. The predicted molar refractivity (Wildman–Crippen MR) is 130 cm³/mol. The van der Waals surface area contributed by atoms with E-state index in [2.05, 4.69) is 15.5 Å². The van der Waals surface area contributed by atoms with Gasteiger partial charge in [0.25, 0.3) is 0 Å². The highest BCUT2D eigenvalue weighted by Crippen LogP contribution is 2.21. The van der Waals surface area contributed by atoms with Gasteiger partial charge in [0.05, 0.1) is 5.75 Å². The summed E-state index contributed by atoms with van der Waals surface area (Å²) in [7, 11) is 0. The summed E-state index contributed by atoms with van der Waals surface area (Å²) < 4.78 is 1.88. The Morgan fingerprint density at radius 3 is 2.61 bits per heavy atom. The Morgan fingerprint density at radius 1 is 1.06 bits per heavy atom. The fourth-order valence-electron chi connectivity index (χ4n) is 3.56. The van der Waals surface area contributed by atoms with Crippen molar-refractivity contribution in [2.24, 2.45) is 0 Å². The first-order valence-corrected chi connectivity index (χ1v) is 12.0. The third-order valence-corrected chi connectivity index (χ3v) is 6.53. The molecule has 33 heavy (non-hydrogen) atoms. The van der Waals surface area contributed by atoms with Gasteiger partial charge < -0.3 is 15.1 Å². The highest BCUT2D eigenvalue weighted by molar-refractivity contribution is 7.99. The first-order chi connectivity index (χ1) is 16.0. The molecule has 0 atom stereocenters. The van der Waals surface area contributed by atoms with Crippen LogP contribution in [-0.4, -0.2) is 68.4 Å². The zero-order valence-electron chi connectivity index (χ0n) is 18.3. The number of benzene rings is 2. The summed E-state index contributed by atoms with van der Waals surface area (Å²) >= 11 is 7.35. The molecule has 1 aliphatic rings. The highest BCUT2D eigenvalue weighted by atomic mass is 35.5. The van der Waals surface area contributed by atoms with Crippen LogP contribution >= 0.6 is 23.4 Å². The third-order valence-electron chi connectivity index (χ3n) is 5.37. The second-order valence-corrected chi connectivity index (χ2v) is 9.15. The molecule has 2 heterocycles. The van der Waals surface area contributed by atoms with Gasteiger partial charge in [0.15, 0.2) is 5.16 Å². The van der Waals surface area contributed by atoms with Crippen LogP contribution in [0.4, 0.5) is 10.5 Å². The molecule has 3 aromatic rings. The number of aromatic nitrogens is 3. The van der Waals surface area contributed by atoms with Crippen molar-refractivity contribution >= 4 is 41.0 Å².